The number of benzene rings is 3. The van der Waals surface area contributed by atoms with Crippen molar-refractivity contribution in [2.45, 2.75) is 66.6 Å². The number of hydrogen-bond donors (Lipinski definition) is 6. The zero-order valence-electron chi connectivity index (χ0n) is 61.4. The van der Waals surface area contributed by atoms with E-state index in [2.05, 4.69) is 69.5 Å². The van der Waals surface area contributed by atoms with Crippen LogP contribution >= 0.6 is 0 Å². The molecule has 0 radical (unpaired) electrons. The molecule has 9 heterocycles. The Morgan fingerprint density at radius 2 is 0.907 bits per heavy atom. The van der Waals surface area contributed by atoms with E-state index in [4.69, 9.17) is 41.6 Å². The van der Waals surface area contributed by atoms with E-state index in [-0.39, 0.29) is 53.3 Å². The number of nitrogens with zero attached hydrogens (tertiary/aromatic N) is 15. The number of nitrogen functional groups attached to an aromatic ring is 3. The largest absolute Gasteiger partial charge is 0.496 e. The monoisotopic (exact) mass is 1450 g/mol. The normalized spacial score (nSPS) is 11.6. The molecule has 0 unspecified atom stereocenters. The number of amides is 6. The van der Waals surface area contributed by atoms with E-state index in [9.17, 15) is 28.8 Å². The van der Waals surface area contributed by atoms with Gasteiger partial charge in [-0.25, -0.2) is 44.9 Å². The van der Waals surface area contributed by atoms with Gasteiger partial charge in [-0.1, -0.05) is 66.4 Å². The minimum Gasteiger partial charge on any atom is -0.496 e. The fourth-order valence-corrected chi connectivity index (χ4v) is 11.2. The van der Waals surface area contributed by atoms with Crippen LogP contribution in [0.25, 0.3) is 50.3 Å². The molecule has 0 saturated heterocycles. The zero-order valence-corrected chi connectivity index (χ0v) is 61.4. The number of methoxy groups -OCH3 is 2. The SMILES string of the molecule is CC#CC(=O)N(C)[C@@H](C)c1nc(-c2ccc(C(=O)Nc3ccc(C)cn3)c(OC)c2)c2c(N)nccn12.CC#CC(=O)N(C)[C@@H](C)c1nc(-c2ccc(C(=O)Nc3ccccn3)cc2)c2c(N)nccn12.COC/C=C/C(=O)N(C)[C@@H](C)c1nc(-c2ccc(C(=O)Nc3ccc(C)cn3)cc2)c2c(N)nccn12. The first-order valence-electron chi connectivity index (χ1n) is 33.7. The maximum absolute atomic E-state index is 12.9. The maximum Gasteiger partial charge on any atom is 0.298 e. The Morgan fingerprint density at radius 1 is 0.500 bits per heavy atom. The Hall–Kier alpha value is -14.2. The van der Waals surface area contributed by atoms with Gasteiger partial charge in [-0.05, 0) is 132 Å². The lowest BCUT2D eigenvalue weighted by Gasteiger charge is -2.22. The minimum absolute atomic E-state index is 0.177. The van der Waals surface area contributed by atoms with E-state index < -0.39 is 6.04 Å². The standard InChI is InChI=1S/C27H29N7O3.C27H27N7O3.C25H23N7O2/c1-17-7-12-21(30-16-17)31-27(36)20-10-8-19(9-11-20)23-24-25(28)29-13-14-34(24)26(32-23)18(2)33(3)22(35)6-5-15-37-4;1-6-7-22(35)33(4)17(3)26-32-23(24-25(28)29-12-13-34(24)26)18-9-10-19(20(14-18)37-5)27(36)31-21-11-8-16(2)15-30-21;1-4-7-20(33)31(3)16(2)24-30-21(22-23(26)28-14-15-32(22)24)17-9-11-18(12-10-17)25(34)29-19-8-5-6-13-27-19/h5-14,16,18H,15H2,1-4H3,(H2,28,29)(H,30,31,36);8-15,17H,1-5H3,(H2,28,29)(H,30,31,36);5-6,8-16H,1-3H3,(H2,26,28)(H,27,29,34)/b6-5+;;/t18-;17-;16-/m000/s1. The van der Waals surface area contributed by atoms with E-state index in [0.29, 0.717) is 115 Å². The van der Waals surface area contributed by atoms with Crippen molar-refractivity contribution in [1.29, 1.82) is 0 Å². The third kappa shape index (κ3) is 17.2. The molecule has 3 aromatic carbocycles. The van der Waals surface area contributed by atoms with Crippen molar-refractivity contribution >= 4 is 86.9 Å². The van der Waals surface area contributed by atoms with Crippen LogP contribution in [0.3, 0.4) is 0 Å². The Bertz CT molecular complexity index is 5480. The molecule has 12 rings (SSSR count). The molecule has 0 aliphatic rings. The lowest BCUT2D eigenvalue weighted by atomic mass is 10.1. The fraction of sp³-hybridized carbons (Fsp3) is 0.203. The van der Waals surface area contributed by atoms with Gasteiger partial charge in [0.25, 0.3) is 29.5 Å². The van der Waals surface area contributed by atoms with Crippen LogP contribution in [0.5, 0.6) is 5.75 Å². The van der Waals surface area contributed by atoms with E-state index in [1.165, 1.54) is 23.0 Å². The van der Waals surface area contributed by atoms with Crippen LogP contribution in [0, 0.1) is 37.5 Å². The second-order valence-corrected chi connectivity index (χ2v) is 24.6. The van der Waals surface area contributed by atoms with Crippen LogP contribution in [0.2, 0.25) is 0 Å². The molecule has 0 fully saturated rings. The van der Waals surface area contributed by atoms with Gasteiger partial charge in [0.15, 0.2) is 0 Å². The van der Waals surface area contributed by atoms with Crippen LogP contribution in [-0.2, 0) is 19.1 Å². The van der Waals surface area contributed by atoms with Gasteiger partial charge in [0.2, 0.25) is 5.91 Å². The highest BCUT2D eigenvalue weighted by Crippen LogP contribution is 2.37. The summed E-state index contributed by atoms with van der Waals surface area (Å²) in [5, 5.41) is 8.34. The summed E-state index contributed by atoms with van der Waals surface area (Å²) >= 11 is 0. The first-order valence-corrected chi connectivity index (χ1v) is 33.7. The summed E-state index contributed by atoms with van der Waals surface area (Å²) in [6, 6.07) is 30.6. The second-order valence-electron chi connectivity index (χ2n) is 24.6. The number of pyridine rings is 3. The third-order valence-electron chi connectivity index (χ3n) is 17.4. The molecular weight excluding hydrogens is 1370 g/mol. The van der Waals surface area contributed by atoms with Crippen molar-refractivity contribution in [2.24, 2.45) is 0 Å². The fourth-order valence-electron chi connectivity index (χ4n) is 11.2. The van der Waals surface area contributed by atoms with Crippen molar-refractivity contribution in [3.05, 3.63) is 222 Å². The third-order valence-corrected chi connectivity index (χ3v) is 17.4. The van der Waals surface area contributed by atoms with Gasteiger partial charge >= 0.3 is 0 Å². The van der Waals surface area contributed by atoms with E-state index in [0.717, 1.165) is 22.3 Å². The van der Waals surface area contributed by atoms with Crippen LogP contribution in [-0.4, -0.2) is 150 Å². The topological polar surface area (TPSA) is 374 Å². The van der Waals surface area contributed by atoms with Crippen molar-refractivity contribution in [1.82, 2.24) is 72.8 Å². The Kier molecular flexibility index (Phi) is 24.3. The molecule has 29 nitrogen and oxygen atoms in total. The first-order chi connectivity index (χ1) is 51.9. The summed E-state index contributed by atoms with van der Waals surface area (Å²) < 4.78 is 16.0. The van der Waals surface area contributed by atoms with Crippen LogP contribution in [0.1, 0.15) is 112 Å². The molecule has 0 aliphatic carbocycles. The van der Waals surface area contributed by atoms with Gasteiger partial charge in [0.05, 0.1) is 37.4 Å². The number of carbonyl (C=O) groups excluding carboxylic acids is 6. The number of rotatable bonds is 19. The summed E-state index contributed by atoms with van der Waals surface area (Å²) in [5.74, 6) is 13.1. The smallest absolute Gasteiger partial charge is 0.298 e. The van der Waals surface area contributed by atoms with E-state index in [1.54, 1.807) is 194 Å². The van der Waals surface area contributed by atoms with Gasteiger partial charge in [-0.3, -0.25) is 42.0 Å². The Morgan fingerprint density at radius 3 is 1.30 bits per heavy atom. The highest BCUT2D eigenvalue weighted by molar-refractivity contribution is 6.07. The number of likely N-dealkylation sites (N-methyl/N-ethyl adjacent to an activating group) is 1. The minimum atomic E-state index is -0.412. The molecule has 9 N–H and O–H groups in total. The second kappa shape index (κ2) is 34.4. The number of imidazole rings is 3. The zero-order chi connectivity index (χ0) is 77.5. The molecule has 3 atom stereocenters. The van der Waals surface area contributed by atoms with Gasteiger partial charge in [0.1, 0.15) is 91.8 Å². The number of aryl methyl sites for hydroxylation is 2. The van der Waals surface area contributed by atoms with Crippen LogP contribution < -0.4 is 37.9 Å². The number of aromatic nitrogens is 12. The van der Waals surface area contributed by atoms with Gasteiger partial charge in [-0.15, -0.1) is 0 Å². The average Bonchev–Trinajstić information content (AvgIpc) is 1.62. The molecule has 29 heteroatoms. The molecule has 0 spiro atoms. The molecule has 0 bridgehead atoms. The number of carbonyl (C=O) groups is 6. The van der Waals surface area contributed by atoms with E-state index >= 15 is 0 Å². The van der Waals surface area contributed by atoms with Crippen molar-refractivity contribution in [3.8, 4) is 63.2 Å². The summed E-state index contributed by atoms with van der Waals surface area (Å²) in [6.45, 7) is 13.1. The number of ether oxygens (including phenoxy) is 2. The maximum atomic E-state index is 12.9. The van der Waals surface area contributed by atoms with Gasteiger partial charge < -0.3 is 57.3 Å². The summed E-state index contributed by atoms with van der Waals surface area (Å²) in [5.41, 5.74) is 27.8. The number of anilines is 6. The molecule has 12 aromatic rings. The summed E-state index contributed by atoms with van der Waals surface area (Å²) in [6.07, 6.45) is 18.1. The highest BCUT2D eigenvalue weighted by Gasteiger charge is 2.29. The highest BCUT2D eigenvalue weighted by atomic mass is 16.5. The van der Waals surface area contributed by atoms with Crippen LogP contribution in [0.4, 0.5) is 34.9 Å². The number of nitrogens with two attached hydrogens (primary N) is 3. The first kappa shape index (κ1) is 76.4. The molecule has 548 valence electrons. The number of hydrogen-bond acceptors (Lipinski definition) is 20. The Balaban J connectivity index is 0.000000173. The quantitative estimate of drug-likeness (QED) is 0.0323. The summed E-state index contributed by atoms with van der Waals surface area (Å²) in [7, 11) is 8.12. The molecule has 9 aromatic heterocycles. The van der Waals surface area contributed by atoms with Crippen molar-refractivity contribution < 1.29 is 38.2 Å². The van der Waals surface area contributed by atoms with Crippen molar-refractivity contribution in [2.75, 3.05) is 75.1 Å². The number of nitrogens with one attached hydrogen (secondary N) is 3. The summed E-state index contributed by atoms with van der Waals surface area (Å²) in [4.78, 5) is 120. The Labute approximate surface area is 622 Å². The molecule has 0 saturated carbocycles. The average molecular weight is 1450 g/mol. The van der Waals surface area contributed by atoms with Gasteiger partial charge in [-0.2, -0.15) is 0 Å². The van der Waals surface area contributed by atoms with Crippen molar-refractivity contribution in [3.63, 3.8) is 0 Å². The molecular formula is C79H79N21O8. The lowest BCUT2D eigenvalue weighted by molar-refractivity contribution is -0.127. The predicted octanol–water partition coefficient (Wildman–Crippen LogP) is 10.3. The molecule has 6 amide bonds. The van der Waals surface area contributed by atoms with Gasteiger partial charge in [0, 0.05) is 118 Å². The van der Waals surface area contributed by atoms with Crippen LogP contribution in [0.15, 0.2) is 177 Å². The number of fused-ring (bicyclic) bond motifs is 3. The van der Waals surface area contributed by atoms with E-state index in [1.807, 2.05) is 72.1 Å². The predicted molar refractivity (Wildman–Crippen MR) is 413 cm³/mol. The molecule has 0 aliphatic heterocycles. The molecule has 108 heavy (non-hydrogen) atoms. The lowest BCUT2D eigenvalue weighted by Crippen LogP contribution is -2.29.